The molecule has 2 heterocycles. The molecule has 24 heavy (non-hydrogen) atoms. The predicted molar refractivity (Wildman–Crippen MR) is 89.4 cm³/mol. The Bertz CT molecular complexity index is 746. The van der Waals surface area contributed by atoms with Crippen molar-refractivity contribution >= 4 is 5.57 Å². The average Bonchev–Trinajstić information content (AvgIpc) is 2.63. The molecule has 1 atom stereocenters. The number of ether oxygens (including phenoxy) is 3. The van der Waals surface area contributed by atoms with Gasteiger partial charge in [-0.1, -0.05) is 18.2 Å². The lowest BCUT2D eigenvalue weighted by Gasteiger charge is -2.24. The fourth-order valence-corrected chi connectivity index (χ4v) is 3.04. The molecule has 1 unspecified atom stereocenters. The molecule has 0 spiro atoms. The Labute approximate surface area is 140 Å². The van der Waals surface area contributed by atoms with Crippen molar-refractivity contribution in [1.82, 2.24) is 0 Å². The highest BCUT2D eigenvalue weighted by Gasteiger charge is 2.18. The van der Waals surface area contributed by atoms with E-state index >= 15 is 0 Å². The molecule has 2 aromatic rings. The van der Waals surface area contributed by atoms with E-state index in [1.54, 1.807) is 18.4 Å². The van der Waals surface area contributed by atoms with Crippen LogP contribution in [0.5, 0.6) is 11.5 Å². The summed E-state index contributed by atoms with van der Waals surface area (Å²) in [5.74, 6) is 1.33. The molecule has 4 rings (SSSR count). The van der Waals surface area contributed by atoms with Gasteiger partial charge in [0.15, 0.2) is 6.29 Å². The third kappa shape index (κ3) is 3.29. The second kappa shape index (κ2) is 6.65. The number of benzene rings is 2. The van der Waals surface area contributed by atoms with Crippen molar-refractivity contribution in [3.63, 3.8) is 0 Å². The van der Waals surface area contributed by atoms with Gasteiger partial charge in [-0.2, -0.15) is 0 Å². The van der Waals surface area contributed by atoms with Crippen molar-refractivity contribution < 1.29 is 18.6 Å². The molecule has 0 amide bonds. The van der Waals surface area contributed by atoms with Crippen LogP contribution in [0.15, 0.2) is 48.7 Å². The first-order valence-electron chi connectivity index (χ1n) is 8.31. The van der Waals surface area contributed by atoms with Crippen LogP contribution in [0.1, 0.15) is 30.4 Å². The highest BCUT2D eigenvalue weighted by Crippen LogP contribution is 2.34. The molecular weight excluding hydrogens is 307 g/mol. The first-order valence-corrected chi connectivity index (χ1v) is 8.31. The van der Waals surface area contributed by atoms with Crippen molar-refractivity contribution in [3.8, 4) is 11.5 Å². The van der Waals surface area contributed by atoms with E-state index in [2.05, 4.69) is 0 Å². The van der Waals surface area contributed by atoms with Crippen LogP contribution in [-0.2, 0) is 11.2 Å². The first kappa shape index (κ1) is 15.2. The molecule has 0 N–H and O–H groups in total. The van der Waals surface area contributed by atoms with E-state index in [0.29, 0.717) is 0 Å². The summed E-state index contributed by atoms with van der Waals surface area (Å²) in [6.45, 7) is 0.760. The fourth-order valence-electron chi connectivity index (χ4n) is 3.04. The maximum Gasteiger partial charge on any atom is 0.199 e. The van der Waals surface area contributed by atoms with Crippen molar-refractivity contribution in [2.24, 2.45) is 0 Å². The maximum atomic E-state index is 13.1. The molecular formula is C20H19FO3. The van der Waals surface area contributed by atoms with Gasteiger partial charge in [-0.25, -0.2) is 4.39 Å². The van der Waals surface area contributed by atoms with Gasteiger partial charge in [0, 0.05) is 18.9 Å². The Hall–Kier alpha value is -2.33. The molecule has 1 fully saturated rings. The van der Waals surface area contributed by atoms with Gasteiger partial charge in [0.05, 0.1) is 12.9 Å². The van der Waals surface area contributed by atoms with Gasteiger partial charge in [-0.15, -0.1) is 0 Å². The highest BCUT2D eigenvalue weighted by molar-refractivity contribution is 5.70. The van der Waals surface area contributed by atoms with E-state index < -0.39 is 0 Å². The van der Waals surface area contributed by atoms with Crippen molar-refractivity contribution in [3.05, 3.63) is 65.7 Å². The van der Waals surface area contributed by atoms with Crippen molar-refractivity contribution in [1.29, 1.82) is 0 Å². The van der Waals surface area contributed by atoms with E-state index in [-0.39, 0.29) is 12.1 Å². The van der Waals surface area contributed by atoms with E-state index in [1.165, 1.54) is 12.1 Å². The van der Waals surface area contributed by atoms with E-state index in [1.807, 2.05) is 18.2 Å². The summed E-state index contributed by atoms with van der Waals surface area (Å²) in [4.78, 5) is 0. The topological polar surface area (TPSA) is 27.7 Å². The highest BCUT2D eigenvalue weighted by atomic mass is 19.1. The lowest BCUT2D eigenvalue weighted by molar-refractivity contribution is -0.105. The molecule has 2 aliphatic rings. The summed E-state index contributed by atoms with van der Waals surface area (Å²) in [7, 11) is 0. The van der Waals surface area contributed by atoms with Gasteiger partial charge >= 0.3 is 0 Å². The zero-order valence-electron chi connectivity index (χ0n) is 13.3. The van der Waals surface area contributed by atoms with Crippen LogP contribution in [0.25, 0.3) is 5.57 Å². The largest absolute Gasteiger partial charge is 0.465 e. The lowest BCUT2D eigenvalue weighted by atomic mass is 9.97. The number of fused-ring (bicyclic) bond motifs is 1. The van der Waals surface area contributed by atoms with Crippen LogP contribution in [0.3, 0.4) is 0 Å². The Kier molecular flexibility index (Phi) is 4.22. The summed E-state index contributed by atoms with van der Waals surface area (Å²) in [6, 6.07) is 12.4. The lowest BCUT2D eigenvalue weighted by Crippen LogP contribution is -2.25. The zero-order valence-corrected chi connectivity index (χ0v) is 13.3. The van der Waals surface area contributed by atoms with E-state index in [9.17, 15) is 4.39 Å². The molecule has 3 nitrogen and oxygen atoms in total. The third-order valence-electron chi connectivity index (χ3n) is 4.37. The van der Waals surface area contributed by atoms with Crippen LogP contribution >= 0.6 is 0 Å². The van der Waals surface area contributed by atoms with Gasteiger partial charge in [-0.3, -0.25) is 0 Å². The number of halogens is 1. The molecule has 4 heteroatoms. The fraction of sp³-hybridized carbons (Fsp3) is 0.300. The van der Waals surface area contributed by atoms with Crippen LogP contribution in [-0.4, -0.2) is 12.9 Å². The van der Waals surface area contributed by atoms with Crippen molar-refractivity contribution in [2.45, 2.75) is 32.0 Å². The summed E-state index contributed by atoms with van der Waals surface area (Å²) < 4.78 is 30.3. The van der Waals surface area contributed by atoms with Gasteiger partial charge in [0.2, 0.25) is 0 Å². The second-order valence-corrected chi connectivity index (χ2v) is 6.13. The monoisotopic (exact) mass is 326 g/mol. The minimum absolute atomic E-state index is 0.161. The first-order chi connectivity index (χ1) is 11.8. The van der Waals surface area contributed by atoms with Gasteiger partial charge in [-0.05, 0) is 47.7 Å². The minimum atomic E-state index is -0.233. The summed E-state index contributed by atoms with van der Waals surface area (Å²) >= 11 is 0. The van der Waals surface area contributed by atoms with Crippen LogP contribution in [0.4, 0.5) is 4.39 Å². The standard InChI is InChI=1S/C20H19FO3/c21-17-7-4-14(5-8-17)16-11-15-6-9-18(12-19(15)23-13-16)24-20-3-1-2-10-22-20/h4-9,12-13,20H,1-3,10-11H2. The number of rotatable bonds is 3. The zero-order chi connectivity index (χ0) is 16.4. The molecule has 2 aliphatic heterocycles. The van der Waals surface area contributed by atoms with Gasteiger partial charge in [0.1, 0.15) is 17.3 Å². The molecule has 124 valence electrons. The summed E-state index contributed by atoms with van der Waals surface area (Å²) in [5, 5.41) is 0. The molecule has 1 saturated heterocycles. The van der Waals surface area contributed by atoms with Crippen molar-refractivity contribution in [2.75, 3.05) is 6.61 Å². The second-order valence-electron chi connectivity index (χ2n) is 6.13. The van der Waals surface area contributed by atoms with Crippen LogP contribution in [0, 0.1) is 5.82 Å². The number of hydrogen-bond donors (Lipinski definition) is 0. The van der Waals surface area contributed by atoms with Crippen LogP contribution in [0.2, 0.25) is 0 Å². The normalized spacial score (nSPS) is 19.9. The Balaban J connectivity index is 1.48. The molecule has 0 saturated carbocycles. The Morgan fingerprint density at radius 1 is 1.04 bits per heavy atom. The minimum Gasteiger partial charge on any atom is -0.465 e. The molecule has 0 aromatic heterocycles. The third-order valence-corrected chi connectivity index (χ3v) is 4.37. The van der Waals surface area contributed by atoms with Gasteiger partial charge < -0.3 is 14.2 Å². The molecule has 0 radical (unpaired) electrons. The maximum absolute atomic E-state index is 13.1. The number of allylic oxidation sites excluding steroid dienone is 1. The molecule has 0 bridgehead atoms. The Morgan fingerprint density at radius 3 is 2.71 bits per heavy atom. The average molecular weight is 326 g/mol. The molecule has 0 aliphatic carbocycles. The summed E-state index contributed by atoms with van der Waals surface area (Å²) in [5.41, 5.74) is 3.10. The SMILES string of the molecule is Fc1ccc(C2=COc3cc(OC4CCCCO4)ccc3C2)cc1. The van der Waals surface area contributed by atoms with E-state index in [0.717, 1.165) is 60.5 Å². The summed E-state index contributed by atoms with van der Waals surface area (Å²) in [6.07, 6.45) is 5.48. The smallest absolute Gasteiger partial charge is 0.199 e. The van der Waals surface area contributed by atoms with Crippen LogP contribution < -0.4 is 9.47 Å². The van der Waals surface area contributed by atoms with Gasteiger partial charge in [0.25, 0.3) is 0 Å². The molecule has 2 aromatic carbocycles. The quantitative estimate of drug-likeness (QED) is 0.818. The predicted octanol–water partition coefficient (Wildman–Crippen LogP) is 4.71. The number of hydrogen-bond acceptors (Lipinski definition) is 3. The Morgan fingerprint density at radius 2 is 1.92 bits per heavy atom. The van der Waals surface area contributed by atoms with E-state index in [4.69, 9.17) is 14.2 Å².